The maximum atomic E-state index is 5.83. The highest BCUT2D eigenvalue weighted by Gasteiger charge is 2.15. The summed E-state index contributed by atoms with van der Waals surface area (Å²) in [5, 5.41) is 8.47. The Labute approximate surface area is 184 Å². The molecule has 0 bridgehead atoms. The van der Waals surface area contributed by atoms with Gasteiger partial charge in [-0.1, -0.05) is 31.5 Å². The molecule has 8 heteroatoms. The summed E-state index contributed by atoms with van der Waals surface area (Å²) in [7, 11) is 4.03. The summed E-state index contributed by atoms with van der Waals surface area (Å²) in [6, 6.07) is 3.81. The first kappa shape index (κ1) is 23.7. The molecule has 0 radical (unpaired) electrons. The molecule has 0 aromatic carbocycles. The summed E-state index contributed by atoms with van der Waals surface area (Å²) < 4.78 is 1.89. The highest BCUT2D eigenvalue weighted by Crippen LogP contribution is 2.18. The van der Waals surface area contributed by atoms with E-state index in [9.17, 15) is 0 Å². The summed E-state index contributed by atoms with van der Waals surface area (Å²) >= 11 is 5.83. The molecule has 2 aromatic rings. The SMILES string of the molecule is CCNC(=NCCc1ccc(Cl)nc1)N(C)Cc1cn(C)nc1C(C)C.I. The molecule has 2 aromatic heterocycles. The molecule has 0 aliphatic carbocycles. The zero-order valence-electron chi connectivity index (χ0n) is 16.7. The number of halogens is 2. The highest BCUT2D eigenvalue weighted by molar-refractivity contribution is 14.0. The van der Waals surface area contributed by atoms with Crippen LogP contribution in [0.4, 0.5) is 0 Å². The van der Waals surface area contributed by atoms with Crippen LogP contribution in [0.1, 0.15) is 43.5 Å². The van der Waals surface area contributed by atoms with Gasteiger partial charge in [0.1, 0.15) is 5.15 Å². The quantitative estimate of drug-likeness (QED) is 0.269. The standard InChI is InChI=1S/C19H29ClN6.HI/c1-6-21-19(22-10-9-15-7-8-17(20)23-11-15)25(4)12-16-13-26(5)24-18(16)14(2)3;/h7-8,11,13-14H,6,9-10,12H2,1-5H3,(H,21,22);1H. The van der Waals surface area contributed by atoms with Crippen molar-refractivity contribution in [3.05, 3.63) is 46.5 Å². The summed E-state index contributed by atoms with van der Waals surface area (Å²) in [6.45, 7) is 8.72. The summed E-state index contributed by atoms with van der Waals surface area (Å²) in [5.41, 5.74) is 3.51. The van der Waals surface area contributed by atoms with E-state index < -0.39 is 0 Å². The van der Waals surface area contributed by atoms with Gasteiger partial charge in [0.25, 0.3) is 0 Å². The molecule has 0 unspecified atom stereocenters. The fourth-order valence-corrected chi connectivity index (χ4v) is 2.92. The molecule has 0 amide bonds. The average Bonchev–Trinajstić information content (AvgIpc) is 2.96. The lowest BCUT2D eigenvalue weighted by Gasteiger charge is -2.22. The molecule has 0 saturated carbocycles. The first-order valence-electron chi connectivity index (χ1n) is 9.03. The van der Waals surface area contributed by atoms with Gasteiger partial charge >= 0.3 is 0 Å². The molecule has 0 aliphatic rings. The average molecular weight is 505 g/mol. The predicted molar refractivity (Wildman–Crippen MR) is 123 cm³/mol. The molecule has 2 rings (SSSR count). The Morgan fingerprint density at radius 1 is 1.37 bits per heavy atom. The molecule has 1 N–H and O–H groups in total. The van der Waals surface area contributed by atoms with Gasteiger partial charge in [0.15, 0.2) is 5.96 Å². The van der Waals surface area contributed by atoms with Crippen LogP contribution in [0.25, 0.3) is 0 Å². The van der Waals surface area contributed by atoms with Crippen molar-refractivity contribution in [1.82, 2.24) is 25.0 Å². The third kappa shape index (κ3) is 7.29. The number of pyridine rings is 1. The zero-order chi connectivity index (χ0) is 19.1. The minimum Gasteiger partial charge on any atom is -0.357 e. The number of aliphatic imine (C=N–C) groups is 1. The minimum atomic E-state index is 0. The van der Waals surface area contributed by atoms with Crippen LogP contribution in [0.5, 0.6) is 0 Å². The van der Waals surface area contributed by atoms with Crippen molar-refractivity contribution < 1.29 is 0 Å². The third-order valence-electron chi connectivity index (χ3n) is 4.04. The normalized spacial score (nSPS) is 11.4. The third-order valence-corrected chi connectivity index (χ3v) is 4.26. The first-order chi connectivity index (χ1) is 12.4. The first-order valence-corrected chi connectivity index (χ1v) is 9.40. The topological polar surface area (TPSA) is 58.3 Å². The smallest absolute Gasteiger partial charge is 0.193 e. The fourth-order valence-electron chi connectivity index (χ4n) is 2.81. The Bertz CT molecular complexity index is 726. The summed E-state index contributed by atoms with van der Waals surface area (Å²) in [5.74, 6) is 1.30. The van der Waals surface area contributed by atoms with Crippen LogP contribution in [0, 0.1) is 0 Å². The molecule has 27 heavy (non-hydrogen) atoms. The van der Waals surface area contributed by atoms with Gasteiger partial charge in [0, 0.05) is 51.7 Å². The van der Waals surface area contributed by atoms with Gasteiger partial charge < -0.3 is 10.2 Å². The fraction of sp³-hybridized carbons (Fsp3) is 0.526. The number of aromatic nitrogens is 3. The molecule has 0 fully saturated rings. The van der Waals surface area contributed by atoms with Crippen molar-refractivity contribution >= 4 is 41.5 Å². The number of rotatable bonds is 7. The number of guanidine groups is 1. The maximum absolute atomic E-state index is 5.83. The number of nitrogens with zero attached hydrogens (tertiary/aromatic N) is 5. The van der Waals surface area contributed by atoms with E-state index >= 15 is 0 Å². The number of hydrogen-bond acceptors (Lipinski definition) is 3. The monoisotopic (exact) mass is 504 g/mol. The van der Waals surface area contributed by atoms with Crippen LogP contribution in [-0.4, -0.2) is 45.8 Å². The maximum Gasteiger partial charge on any atom is 0.193 e. The Morgan fingerprint density at radius 3 is 2.70 bits per heavy atom. The van der Waals surface area contributed by atoms with Gasteiger partial charge in [-0.3, -0.25) is 9.67 Å². The van der Waals surface area contributed by atoms with Crippen LogP contribution < -0.4 is 5.32 Å². The second kappa shape index (κ2) is 11.5. The van der Waals surface area contributed by atoms with Gasteiger partial charge in [-0.15, -0.1) is 24.0 Å². The Kier molecular flexibility index (Phi) is 10.1. The predicted octanol–water partition coefficient (Wildman–Crippen LogP) is 3.85. The molecule has 0 aliphatic heterocycles. The molecule has 2 heterocycles. The van der Waals surface area contributed by atoms with Gasteiger partial charge in [0.05, 0.1) is 5.69 Å². The van der Waals surface area contributed by atoms with Crippen LogP contribution in [0.3, 0.4) is 0 Å². The largest absolute Gasteiger partial charge is 0.357 e. The summed E-state index contributed by atoms with van der Waals surface area (Å²) in [4.78, 5) is 11.0. The lowest BCUT2D eigenvalue weighted by Crippen LogP contribution is -2.38. The summed E-state index contributed by atoms with van der Waals surface area (Å²) in [6.07, 6.45) is 4.73. The van der Waals surface area contributed by atoms with Crippen LogP contribution in [0.15, 0.2) is 29.5 Å². The second-order valence-corrected chi connectivity index (χ2v) is 7.09. The number of nitrogens with one attached hydrogen (secondary N) is 1. The minimum absolute atomic E-state index is 0. The molecular formula is C19H30ClIN6. The van der Waals surface area contributed by atoms with E-state index in [-0.39, 0.29) is 24.0 Å². The lowest BCUT2D eigenvalue weighted by atomic mass is 10.1. The van der Waals surface area contributed by atoms with Crippen LogP contribution >= 0.6 is 35.6 Å². The molecule has 0 atom stereocenters. The van der Waals surface area contributed by atoms with Crippen LogP contribution in [0.2, 0.25) is 5.15 Å². The molecule has 150 valence electrons. The number of hydrogen-bond donors (Lipinski definition) is 1. The van der Waals surface area contributed by atoms with Crippen molar-refractivity contribution in [3.8, 4) is 0 Å². The van der Waals surface area contributed by atoms with Gasteiger partial charge in [-0.05, 0) is 30.9 Å². The van der Waals surface area contributed by atoms with E-state index in [2.05, 4.69) is 54.3 Å². The molecular weight excluding hydrogens is 475 g/mol. The van der Waals surface area contributed by atoms with Crippen molar-refractivity contribution in [2.75, 3.05) is 20.1 Å². The zero-order valence-corrected chi connectivity index (χ0v) is 19.8. The van der Waals surface area contributed by atoms with E-state index in [4.69, 9.17) is 16.6 Å². The van der Waals surface area contributed by atoms with E-state index in [1.54, 1.807) is 6.20 Å². The molecule has 0 spiro atoms. The van der Waals surface area contributed by atoms with Gasteiger partial charge in [-0.2, -0.15) is 5.10 Å². The van der Waals surface area contributed by atoms with E-state index in [1.807, 2.05) is 23.9 Å². The lowest BCUT2D eigenvalue weighted by molar-refractivity contribution is 0.473. The number of aryl methyl sites for hydroxylation is 1. The van der Waals surface area contributed by atoms with E-state index in [1.165, 1.54) is 5.56 Å². The van der Waals surface area contributed by atoms with Gasteiger partial charge in [-0.25, -0.2) is 4.98 Å². The van der Waals surface area contributed by atoms with Crippen LogP contribution in [-0.2, 0) is 20.0 Å². The molecule has 0 saturated heterocycles. The van der Waals surface area contributed by atoms with Crippen molar-refractivity contribution in [1.29, 1.82) is 0 Å². The Hall–Kier alpha value is -1.35. The van der Waals surface area contributed by atoms with Gasteiger partial charge in [0.2, 0.25) is 0 Å². The van der Waals surface area contributed by atoms with E-state index in [0.717, 1.165) is 36.7 Å². The van der Waals surface area contributed by atoms with Crippen molar-refractivity contribution in [3.63, 3.8) is 0 Å². The highest BCUT2D eigenvalue weighted by atomic mass is 127. The van der Waals surface area contributed by atoms with E-state index in [0.29, 0.717) is 17.6 Å². The second-order valence-electron chi connectivity index (χ2n) is 6.70. The van der Waals surface area contributed by atoms with Crippen molar-refractivity contribution in [2.45, 2.75) is 39.7 Å². The molecule has 6 nitrogen and oxygen atoms in total. The Balaban J connectivity index is 0.00000364. The Morgan fingerprint density at radius 2 is 2.11 bits per heavy atom. The van der Waals surface area contributed by atoms with Crippen molar-refractivity contribution in [2.24, 2.45) is 12.0 Å².